The van der Waals surface area contributed by atoms with Crippen molar-refractivity contribution in [2.24, 2.45) is 0 Å². The van der Waals surface area contributed by atoms with Crippen LogP contribution in [-0.2, 0) is 11.3 Å². The van der Waals surface area contributed by atoms with E-state index in [9.17, 15) is 4.79 Å². The predicted octanol–water partition coefficient (Wildman–Crippen LogP) is 3.59. The minimum absolute atomic E-state index is 0.113. The Balaban J connectivity index is 1.66. The molecule has 0 bridgehead atoms. The molecular weight excluding hydrogens is 314 g/mol. The Morgan fingerprint density at radius 3 is 2.64 bits per heavy atom. The summed E-state index contributed by atoms with van der Waals surface area (Å²) in [7, 11) is 1.64. The van der Waals surface area contributed by atoms with Gasteiger partial charge >= 0.3 is 0 Å². The number of aromatic nitrogens is 2. The van der Waals surface area contributed by atoms with Gasteiger partial charge < -0.3 is 14.2 Å². The number of hydrogen-bond acceptors (Lipinski definition) is 3. The maximum atomic E-state index is 12.6. The number of para-hydroxylation sites is 2. The third kappa shape index (κ3) is 2.65. The van der Waals surface area contributed by atoms with E-state index in [1.807, 2.05) is 47.4 Å². The average molecular weight is 335 g/mol. The van der Waals surface area contributed by atoms with Crippen molar-refractivity contribution in [1.82, 2.24) is 9.55 Å². The molecule has 25 heavy (non-hydrogen) atoms. The van der Waals surface area contributed by atoms with E-state index in [2.05, 4.69) is 17.6 Å². The van der Waals surface area contributed by atoms with Crippen molar-refractivity contribution in [2.45, 2.75) is 25.8 Å². The average Bonchev–Trinajstić information content (AvgIpc) is 3.22. The van der Waals surface area contributed by atoms with Crippen molar-refractivity contribution in [3.63, 3.8) is 0 Å². The van der Waals surface area contributed by atoms with Gasteiger partial charge in [0.1, 0.15) is 11.6 Å². The quantitative estimate of drug-likeness (QED) is 0.732. The Labute approximate surface area is 146 Å². The zero-order valence-electron chi connectivity index (χ0n) is 14.5. The van der Waals surface area contributed by atoms with E-state index in [1.165, 1.54) is 0 Å². The summed E-state index contributed by atoms with van der Waals surface area (Å²) < 4.78 is 7.42. The van der Waals surface area contributed by atoms with Crippen LogP contribution in [0.1, 0.15) is 25.1 Å². The van der Waals surface area contributed by atoms with E-state index >= 15 is 0 Å². The zero-order valence-corrected chi connectivity index (χ0v) is 14.5. The summed E-state index contributed by atoms with van der Waals surface area (Å²) in [5, 5.41) is 0. The Hall–Kier alpha value is -2.82. The minimum atomic E-state index is 0.113. The van der Waals surface area contributed by atoms with Gasteiger partial charge in [-0.3, -0.25) is 4.79 Å². The van der Waals surface area contributed by atoms with Gasteiger partial charge in [0, 0.05) is 31.1 Å². The summed E-state index contributed by atoms with van der Waals surface area (Å²) in [6.07, 6.45) is 0.495. The maximum Gasteiger partial charge on any atom is 0.227 e. The lowest BCUT2D eigenvalue weighted by Crippen LogP contribution is -2.24. The van der Waals surface area contributed by atoms with E-state index in [-0.39, 0.29) is 11.8 Å². The SMILES string of the molecule is CCn1c([C@@H]2CC(=O)N(c3ccc(OC)cc3)C2)nc2ccccc21. The molecule has 0 radical (unpaired) electrons. The Morgan fingerprint density at radius 1 is 1.16 bits per heavy atom. The molecule has 3 aromatic rings. The molecule has 2 heterocycles. The topological polar surface area (TPSA) is 47.4 Å². The van der Waals surface area contributed by atoms with E-state index in [4.69, 9.17) is 9.72 Å². The lowest BCUT2D eigenvalue weighted by Gasteiger charge is -2.17. The molecular formula is C20H21N3O2. The summed E-state index contributed by atoms with van der Waals surface area (Å²) in [6.45, 7) is 3.63. The second kappa shape index (κ2) is 6.24. The molecule has 1 aliphatic heterocycles. The van der Waals surface area contributed by atoms with Crippen LogP contribution in [0.5, 0.6) is 5.75 Å². The van der Waals surface area contributed by atoms with E-state index in [0.29, 0.717) is 13.0 Å². The molecule has 1 saturated heterocycles. The number of carbonyl (C=O) groups is 1. The highest BCUT2D eigenvalue weighted by Gasteiger charge is 2.34. The number of methoxy groups -OCH3 is 1. The molecule has 0 aliphatic carbocycles. The van der Waals surface area contributed by atoms with Gasteiger partial charge in [0.25, 0.3) is 0 Å². The number of fused-ring (bicyclic) bond motifs is 1. The van der Waals surface area contributed by atoms with E-state index < -0.39 is 0 Å². The van der Waals surface area contributed by atoms with Crippen molar-refractivity contribution in [3.8, 4) is 5.75 Å². The largest absolute Gasteiger partial charge is 0.497 e. The molecule has 1 aromatic heterocycles. The molecule has 0 spiro atoms. The van der Waals surface area contributed by atoms with Gasteiger partial charge in [-0.1, -0.05) is 12.1 Å². The number of rotatable bonds is 4. The maximum absolute atomic E-state index is 12.6. The molecule has 5 heteroatoms. The van der Waals surface area contributed by atoms with E-state index in [1.54, 1.807) is 7.11 Å². The Kier molecular flexibility index (Phi) is 3.92. The van der Waals surface area contributed by atoms with Gasteiger partial charge in [-0.2, -0.15) is 0 Å². The Morgan fingerprint density at radius 2 is 1.92 bits per heavy atom. The third-order valence-electron chi connectivity index (χ3n) is 4.87. The first kappa shape index (κ1) is 15.7. The fraction of sp³-hybridized carbons (Fsp3) is 0.300. The molecule has 2 aromatic carbocycles. The molecule has 5 nitrogen and oxygen atoms in total. The molecule has 1 amide bonds. The number of imidazole rings is 1. The van der Waals surface area contributed by atoms with Crippen LogP contribution in [0.15, 0.2) is 48.5 Å². The highest BCUT2D eigenvalue weighted by atomic mass is 16.5. The van der Waals surface area contributed by atoms with Crippen LogP contribution in [0, 0.1) is 0 Å². The molecule has 1 fully saturated rings. The van der Waals surface area contributed by atoms with Crippen LogP contribution in [-0.4, -0.2) is 29.1 Å². The second-order valence-corrected chi connectivity index (χ2v) is 6.31. The number of anilines is 1. The van der Waals surface area contributed by atoms with Crippen LogP contribution in [0.3, 0.4) is 0 Å². The number of hydrogen-bond donors (Lipinski definition) is 0. The lowest BCUT2D eigenvalue weighted by molar-refractivity contribution is -0.117. The normalized spacial score (nSPS) is 17.4. The fourth-order valence-corrected chi connectivity index (χ4v) is 3.63. The number of ether oxygens (including phenoxy) is 1. The fourth-order valence-electron chi connectivity index (χ4n) is 3.63. The van der Waals surface area contributed by atoms with Crippen molar-refractivity contribution < 1.29 is 9.53 Å². The van der Waals surface area contributed by atoms with Crippen LogP contribution in [0.4, 0.5) is 5.69 Å². The minimum Gasteiger partial charge on any atom is -0.497 e. The molecule has 0 N–H and O–H groups in total. The van der Waals surface area contributed by atoms with Crippen LogP contribution in [0.2, 0.25) is 0 Å². The van der Waals surface area contributed by atoms with Gasteiger partial charge in [-0.15, -0.1) is 0 Å². The summed E-state index contributed by atoms with van der Waals surface area (Å²) in [5.74, 6) is 2.06. The monoisotopic (exact) mass is 335 g/mol. The van der Waals surface area contributed by atoms with Crippen molar-refractivity contribution in [2.75, 3.05) is 18.6 Å². The van der Waals surface area contributed by atoms with E-state index in [0.717, 1.165) is 34.8 Å². The van der Waals surface area contributed by atoms with Gasteiger partial charge in [0.15, 0.2) is 0 Å². The van der Waals surface area contributed by atoms with Crippen LogP contribution < -0.4 is 9.64 Å². The summed E-state index contributed by atoms with van der Waals surface area (Å²) in [6, 6.07) is 15.8. The van der Waals surface area contributed by atoms with Crippen LogP contribution in [0.25, 0.3) is 11.0 Å². The van der Waals surface area contributed by atoms with Gasteiger partial charge in [0.05, 0.1) is 18.1 Å². The third-order valence-corrected chi connectivity index (χ3v) is 4.87. The summed E-state index contributed by atoms with van der Waals surface area (Å²) in [5.41, 5.74) is 3.04. The number of benzene rings is 2. The molecule has 0 saturated carbocycles. The smallest absolute Gasteiger partial charge is 0.227 e. The van der Waals surface area contributed by atoms with Crippen molar-refractivity contribution in [3.05, 3.63) is 54.4 Å². The number of nitrogens with zero attached hydrogens (tertiary/aromatic N) is 3. The van der Waals surface area contributed by atoms with Crippen molar-refractivity contribution >= 4 is 22.6 Å². The lowest BCUT2D eigenvalue weighted by atomic mass is 10.1. The molecule has 1 aliphatic rings. The molecule has 0 unspecified atom stereocenters. The molecule has 4 rings (SSSR count). The number of amides is 1. The van der Waals surface area contributed by atoms with Gasteiger partial charge in [-0.05, 0) is 43.3 Å². The highest BCUT2D eigenvalue weighted by Crippen LogP contribution is 2.33. The first-order valence-corrected chi connectivity index (χ1v) is 8.61. The van der Waals surface area contributed by atoms with Gasteiger partial charge in [0.2, 0.25) is 5.91 Å². The van der Waals surface area contributed by atoms with Crippen molar-refractivity contribution in [1.29, 1.82) is 0 Å². The second-order valence-electron chi connectivity index (χ2n) is 6.31. The predicted molar refractivity (Wildman–Crippen MR) is 98.1 cm³/mol. The highest BCUT2D eigenvalue weighted by molar-refractivity contribution is 5.96. The first-order valence-electron chi connectivity index (χ1n) is 8.61. The number of carbonyl (C=O) groups excluding carboxylic acids is 1. The van der Waals surface area contributed by atoms with Crippen LogP contribution >= 0.6 is 0 Å². The number of aryl methyl sites for hydroxylation is 1. The van der Waals surface area contributed by atoms with Gasteiger partial charge in [-0.25, -0.2) is 4.98 Å². The summed E-state index contributed by atoms with van der Waals surface area (Å²) in [4.78, 5) is 19.3. The molecule has 1 atom stereocenters. The summed E-state index contributed by atoms with van der Waals surface area (Å²) >= 11 is 0. The molecule has 128 valence electrons. The first-order chi connectivity index (χ1) is 12.2. The standard InChI is InChI=1S/C20H21N3O2/c1-3-22-18-7-5-4-6-17(18)21-20(22)14-12-19(24)23(13-14)15-8-10-16(25-2)11-9-15/h4-11,14H,3,12-13H2,1-2H3/t14-/m1/s1. The zero-order chi connectivity index (χ0) is 17.4. The Bertz CT molecular complexity index is 914.